The first-order chi connectivity index (χ1) is 16.3. The molecule has 0 bridgehead atoms. The number of aromatic nitrogens is 4. The second kappa shape index (κ2) is 11.3. The van der Waals surface area contributed by atoms with Crippen LogP contribution in [0.25, 0.3) is 0 Å². The minimum atomic E-state index is -1.51. The number of nitrogen functional groups attached to an aromatic ring is 1. The Morgan fingerprint density at radius 1 is 1.43 bits per heavy atom. The zero-order valence-electron chi connectivity index (χ0n) is 18.4. The topological polar surface area (TPSA) is 212 Å². The molecule has 18 heteroatoms. The summed E-state index contributed by atoms with van der Waals surface area (Å²) in [5.74, 6) is -2.17. The summed E-state index contributed by atoms with van der Waals surface area (Å²) >= 11 is 3.53. The smallest absolute Gasteiger partial charge is 0.543 e. The van der Waals surface area contributed by atoms with Crippen LogP contribution in [0.5, 0.6) is 0 Å². The van der Waals surface area contributed by atoms with Crippen molar-refractivity contribution in [1.82, 2.24) is 30.0 Å². The fraction of sp³-hybridized carbons (Fsp3) is 0.353. The molecule has 0 radical (unpaired) electrons. The Labute approximate surface area is 232 Å². The van der Waals surface area contributed by atoms with Gasteiger partial charge in [0, 0.05) is 23.9 Å². The van der Waals surface area contributed by atoms with Crippen LogP contribution >= 0.6 is 34.9 Å². The van der Waals surface area contributed by atoms with E-state index in [0.717, 1.165) is 16.2 Å². The van der Waals surface area contributed by atoms with Crippen LogP contribution in [-0.4, -0.2) is 81.4 Å². The molecule has 1 unspecified atom stereocenters. The Kier molecular flexibility index (Phi) is 8.84. The van der Waals surface area contributed by atoms with Gasteiger partial charge in [0.05, 0.1) is 11.7 Å². The summed E-state index contributed by atoms with van der Waals surface area (Å²) in [5.41, 5.74) is 5.37. The van der Waals surface area contributed by atoms with Gasteiger partial charge in [0.15, 0.2) is 21.8 Å². The number of oxime groups is 1. The monoisotopic (exact) mass is 548 g/mol. The largest absolute Gasteiger partial charge is 1.00 e. The predicted molar refractivity (Wildman–Crippen MR) is 120 cm³/mol. The van der Waals surface area contributed by atoms with Crippen molar-refractivity contribution in [2.75, 3.05) is 17.2 Å². The third kappa shape index (κ3) is 5.20. The van der Waals surface area contributed by atoms with Gasteiger partial charge in [0.25, 0.3) is 11.8 Å². The van der Waals surface area contributed by atoms with E-state index in [4.69, 9.17) is 5.73 Å². The van der Waals surface area contributed by atoms with Gasteiger partial charge < -0.3 is 35.8 Å². The number of β-lactam (4-membered cyclic amide) rings is 1. The maximum atomic E-state index is 12.8. The van der Waals surface area contributed by atoms with Crippen molar-refractivity contribution >= 4 is 63.5 Å². The van der Waals surface area contributed by atoms with Gasteiger partial charge in [0.2, 0.25) is 0 Å². The second-order valence-corrected chi connectivity index (χ2v) is 9.96. The number of carbonyl (C=O) groups is 3. The summed E-state index contributed by atoms with van der Waals surface area (Å²) in [4.78, 5) is 42.2. The van der Waals surface area contributed by atoms with Crippen molar-refractivity contribution in [1.29, 1.82) is 0 Å². The van der Waals surface area contributed by atoms with E-state index < -0.39 is 34.9 Å². The molecule has 2 amide bonds. The Morgan fingerprint density at radius 3 is 2.74 bits per heavy atom. The summed E-state index contributed by atoms with van der Waals surface area (Å²) in [6, 6.07) is -1.03. The predicted octanol–water partition coefficient (Wildman–Crippen LogP) is -5.28. The van der Waals surface area contributed by atoms with E-state index in [0.29, 0.717) is 16.6 Å². The molecule has 14 nitrogen and oxygen atoms in total. The number of anilines is 1. The maximum absolute atomic E-state index is 12.8. The van der Waals surface area contributed by atoms with Gasteiger partial charge in [0.1, 0.15) is 23.7 Å². The van der Waals surface area contributed by atoms with Gasteiger partial charge in [-0.15, -0.1) is 33.3 Å². The summed E-state index contributed by atoms with van der Waals surface area (Å²) in [6.45, 7) is -0.289. The van der Waals surface area contributed by atoms with Crippen LogP contribution < -0.4 is 45.7 Å². The molecule has 0 spiro atoms. The molecule has 2 atom stereocenters. The quantitative estimate of drug-likeness (QED) is 0.0608. The van der Waals surface area contributed by atoms with E-state index in [9.17, 15) is 29.8 Å². The first-order valence-electron chi connectivity index (χ1n) is 9.51. The van der Waals surface area contributed by atoms with E-state index >= 15 is 0 Å². The number of nitrogens with two attached hydrogens (primary N) is 1. The van der Waals surface area contributed by atoms with Crippen LogP contribution in [0.4, 0.5) is 5.13 Å². The summed E-state index contributed by atoms with van der Waals surface area (Å²) in [6.07, 6.45) is 0. The molecule has 2 aromatic heterocycles. The molecule has 35 heavy (non-hydrogen) atoms. The molecule has 2 aliphatic rings. The number of nitrogens with one attached hydrogen (secondary N) is 1. The molecular formula is C17H17N8NaO6S3. The number of carboxylic acids is 1. The SMILES string of the molecule is Cn1c(CO)nnc1SCC1=C(C(=O)[O-])N2C(=O)C(NC(=O)C(=NO)c3csc(N)n3)[C@H]2SC1.[Na+]. The Hall–Kier alpha value is -2.15. The van der Waals surface area contributed by atoms with Gasteiger partial charge >= 0.3 is 29.6 Å². The van der Waals surface area contributed by atoms with Gasteiger partial charge in [-0.25, -0.2) is 4.98 Å². The van der Waals surface area contributed by atoms with Gasteiger partial charge in [-0.1, -0.05) is 16.9 Å². The first kappa shape index (κ1) is 27.4. The van der Waals surface area contributed by atoms with E-state index in [2.05, 4.69) is 25.7 Å². The van der Waals surface area contributed by atoms with Crippen molar-refractivity contribution in [3.63, 3.8) is 0 Å². The molecular weight excluding hydrogens is 531 g/mol. The molecule has 5 N–H and O–H groups in total. The number of thiazole rings is 1. The molecule has 4 rings (SSSR count). The van der Waals surface area contributed by atoms with E-state index in [1.807, 2.05) is 0 Å². The summed E-state index contributed by atoms with van der Waals surface area (Å²) in [7, 11) is 1.67. The number of aliphatic carboxylic acids is 1. The van der Waals surface area contributed by atoms with Crippen molar-refractivity contribution < 1.29 is 59.4 Å². The van der Waals surface area contributed by atoms with Crippen molar-refractivity contribution in [2.24, 2.45) is 12.2 Å². The summed E-state index contributed by atoms with van der Waals surface area (Å²) in [5, 5.41) is 45.0. The fourth-order valence-electron chi connectivity index (χ4n) is 3.36. The fourth-order valence-corrected chi connectivity index (χ4v) is 6.32. The second-order valence-electron chi connectivity index (χ2n) is 7.02. The zero-order chi connectivity index (χ0) is 24.6. The molecule has 4 heterocycles. The van der Waals surface area contributed by atoms with Crippen LogP contribution in [0.3, 0.4) is 0 Å². The van der Waals surface area contributed by atoms with Gasteiger partial charge in [-0.05, 0) is 5.57 Å². The average molecular weight is 549 g/mol. The third-order valence-corrected chi connectivity index (χ3v) is 8.17. The molecule has 0 aromatic carbocycles. The number of fused-ring (bicyclic) bond motifs is 1. The van der Waals surface area contributed by atoms with E-state index in [1.54, 1.807) is 11.6 Å². The Bertz CT molecular complexity index is 1230. The minimum absolute atomic E-state index is 0. The van der Waals surface area contributed by atoms with Crippen molar-refractivity contribution in [3.8, 4) is 0 Å². The van der Waals surface area contributed by atoms with Crippen LogP contribution in [0.1, 0.15) is 11.5 Å². The van der Waals surface area contributed by atoms with Crippen LogP contribution in [-0.2, 0) is 28.0 Å². The number of aliphatic hydroxyl groups excluding tert-OH is 1. The number of thioether (sulfide) groups is 2. The molecule has 1 saturated heterocycles. The summed E-state index contributed by atoms with van der Waals surface area (Å²) < 4.78 is 1.58. The first-order valence-corrected chi connectivity index (χ1v) is 12.4. The van der Waals surface area contributed by atoms with Crippen LogP contribution in [0.2, 0.25) is 0 Å². The number of hydrogen-bond donors (Lipinski definition) is 4. The average Bonchev–Trinajstić information content (AvgIpc) is 3.40. The minimum Gasteiger partial charge on any atom is -0.543 e. The third-order valence-electron chi connectivity index (χ3n) is 5.05. The zero-order valence-corrected chi connectivity index (χ0v) is 22.8. The maximum Gasteiger partial charge on any atom is 1.00 e. The van der Waals surface area contributed by atoms with Crippen molar-refractivity contribution in [3.05, 3.63) is 28.2 Å². The molecule has 180 valence electrons. The van der Waals surface area contributed by atoms with Gasteiger partial charge in [-0.3, -0.25) is 14.5 Å². The number of carboxylic acid groups (broad SMARTS) is 1. The normalized spacial score (nSPS) is 19.7. The van der Waals surface area contributed by atoms with E-state index in [1.165, 1.54) is 28.9 Å². The number of aliphatic hydroxyl groups is 1. The number of hydrogen-bond acceptors (Lipinski definition) is 14. The molecule has 0 aliphatic carbocycles. The van der Waals surface area contributed by atoms with E-state index in [-0.39, 0.29) is 64.2 Å². The number of nitrogens with zero attached hydrogens (tertiary/aromatic N) is 6. The molecule has 1 fully saturated rings. The number of carbonyl (C=O) groups excluding carboxylic acids is 3. The Balaban J connectivity index is 0.00000342. The standard InChI is InChI=1S/C17H18N8O6S3.Na/c1-24-8(2-26)21-22-17(24)34-4-6-3-32-14-10(13(28)25(14)11(6)15(29)30)20-12(27)9(23-31)7-5-33-16(18)19-7;/h5,10,14,26,31H,2-4H2,1H3,(H2,18,19)(H,20,27)(H,29,30);/q;+1/p-1/t10?,14-;/m1./s1. The number of rotatable bonds is 8. The van der Waals surface area contributed by atoms with Gasteiger partial charge in [-0.2, -0.15) is 0 Å². The van der Waals surface area contributed by atoms with Crippen LogP contribution in [0.15, 0.2) is 27.0 Å². The van der Waals surface area contributed by atoms with Crippen LogP contribution in [0, 0.1) is 0 Å². The van der Waals surface area contributed by atoms with Crippen molar-refractivity contribution in [2.45, 2.75) is 23.2 Å². The molecule has 2 aromatic rings. The molecule has 0 saturated carbocycles. The number of amides is 2. The Morgan fingerprint density at radius 2 is 2.17 bits per heavy atom. The molecule has 2 aliphatic heterocycles.